The average molecular weight is 395 g/mol. The Kier molecular flexibility index (Phi) is 9.12. The molecule has 0 aliphatic heterocycles. The zero-order valence-corrected chi connectivity index (χ0v) is 13.2. The van der Waals surface area contributed by atoms with E-state index in [1.54, 1.807) is 12.1 Å². The molecule has 0 amide bonds. The first-order chi connectivity index (χ1) is 11.5. The normalized spacial score (nSPS) is 10.5. The predicted octanol–water partition coefficient (Wildman–Crippen LogP) is 1.58. The van der Waals surface area contributed by atoms with Crippen molar-refractivity contribution in [1.29, 1.82) is 0 Å². The maximum absolute atomic E-state index is 10.6. The van der Waals surface area contributed by atoms with Gasteiger partial charge in [0.25, 0.3) is 5.69 Å². The van der Waals surface area contributed by atoms with Crippen LogP contribution in [0.5, 0.6) is 5.75 Å². The summed E-state index contributed by atoms with van der Waals surface area (Å²) in [5.74, 6) is -0.214. The molecular formula is C12H14N5NaO7S. The first-order valence-corrected chi connectivity index (χ1v) is 7.61. The maximum atomic E-state index is 10.6. The van der Waals surface area contributed by atoms with E-state index < -0.39 is 15.3 Å². The van der Waals surface area contributed by atoms with Crippen molar-refractivity contribution in [3.63, 3.8) is 0 Å². The average Bonchev–Trinajstić information content (AvgIpc) is 2.46. The van der Waals surface area contributed by atoms with Gasteiger partial charge in [-0.2, -0.15) is 8.42 Å². The number of nitrogen functional groups attached to an aromatic ring is 2. The van der Waals surface area contributed by atoms with Crippen LogP contribution in [-0.2, 0) is 10.4 Å². The summed E-state index contributed by atoms with van der Waals surface area (Å²) in [5, 5.41) is 27.8. The van der Waals surface area contributed by atoms with Gasteiger partial charge in [-0.3, -0.25) is 19.2 Å². The van der Waals surface area contributed by atoms with Gasteiger partial charge in [-0.1, -0.05) is 0 Å². The van der Waals surface area contributed by atoms with Gasteiger partial charge in [-0.15, -0.1) is 10.2 Å². The van der Waals surface area contributed by atoms with Gasteiger partial charge in [0.05, 0.1) is 10.6 Å². The standard InChI is InChI=1S/C12H11N5O3.Na.H2O4S.H/c13-7-1-3-10(9(14)5-7)15-16-11-6-8(17(19)20)2-4-12(11)18;;1-5(2,3)4;/h1-6,18H,13-14H2;;(H2,1,2,3,4);/b16-15+;;;. The van der Waals surface area contributed by atoms with E-state index >= 15 is 0 Å². The van der Waals surface area contributed by atoms with Crippen molar-refractivity contribution < 1.29 is 27.6 Å². The third-order valence-electron chi connectivity index (χ3n) is 2.49. The summed E-state index contributed by atoms with van der Waals surface area (Å²) in [6.07, 6.45) is 0. The number of azo groups is 1. The van der Waals surface area contributed by atoms with Crippen LogP contribution in [-0.4, -0.2) is 57.1 Å². The summed E-state index contributed by atoms with van der Waals surface area (Å²) in [6, 6.07) is 8.14. The Balaban J connectivity index is 0.000000923. The number of rotatable bonds is 3. The second-order valence-corrected chi connectivity index (χ2v) is 5.29. The predicted molar refractivity (Wildman–Crippen MR) is 95.5 cm³/mol. The van der Waals surface area contributed by atoms with Crippen LogP contribution in [0.4, 0.5) is 28.4 Å². The Morgan fingerprint density at radius 1 is 1.00 bits per heavy atom. The molecular weight excluding hydrogens is 381 g/mol. The quantitative estimate of drug-likeness (QED) is 0.127. The number of non-ortho nitro benzene ring substituents is 1. The fourth-order valence-corrected chi connectivity index (χ4v) is 1.48. The monoisotopic (exact) mass is 395 g/mol. The number of nitrogens with two attached hydrogens (primary N) is 2. The molecule has 0 fully saturated rings. The van der Waals surface area contributed by atoms with E-state index in [9.17, 15) is 15.2 Å². The molecule has 0 aliphatic rings. The van der Waals surface area contributed by atoms with Gasteiger partial charge >= 0.3 is 40.0 Å². The molecule has 0 heterocycles. The zero-order valence-electron chi connectivity index (χ0n) is 12.3. The van der Waals surface area contributed by atoms with E-state index in [0.717, 1.165) is 6.07 Å². The summed E-state index contributed by atoms with van der Waals surface area (Å²) in [7, 11) is -4.67. The fraction of sp³-hybridized carbons (Fsp3) is 0. The second kappa shape index (κ2) is 10.0. The third-order valence-corrected chi connectivity index (χ3v) is 2.49. The fourth-order valence-electron chi connectivity index (χ4n) is 1.48. The van der Waals surface area contributed by atoms with Crippen molar-refractivity contribution in [3.05, 3.63) is 46.5 Å². The van der Waals surface area contributed by atoms with Crippen LogP contribution in [0, 0.1) is 10.1 Å². The van der Waals surface area contributed by atoms with Gasteiger partial charge in [0.1, 0.15) is 17.1 Å². The number of hydrogen-bond acceptors (Lipinski definition) is 9. The summed E-state index contributed by atoms with van der Waals surface area (Å²) in [6.45, 7) is 0. The topological polar surface area (TPSA) is 215 Å². The van der Waals surface area contributed by atoms with Crippen LogP contribution in [0.3, 0.4) is 0 Å². The second-order valence-electron chi connectivity index (χ2n) is 4.40. The van der Waals surface area contributed by atoms with Crippen molar-refractivity contribution in [3.8, 4) is 5.75 Å². The van der Waals surface area contributed by atoms with Crippen molar-refractivity contribution in [2.75, 3.05) is 11.5 Å². The molecule has 2 aromatic rings. The van der Waals surface area contributed by atoms with Gasteiger partial charge in [0.15, 0.2) is 0 Å². The molecule has 12 nitrogen and oxygen atoms in total. The van der Waals surface area contributed by atoms with Crippen LogP contribution in [0.25, 0.3) is 0 Å². The molecule has 136 valence electrons. The molecule has 0 atom stereocenters. The Morgan fingerprint density at radius 3 is 2.04 bits per heavy atom. The number of phenolic OH excluding ortho intramolecular Hbond substituents is 1. The molecule has 0 radical (unpaired) electrons. The number of phenols is 1. The molecule has 0 saturated heterocycles. The van der Waals surface area contributed by atoms with Crippen molar-refractivity contribution in [1.82, 2.24) is 0 Å². The number of anilines is 2. The molecule has 26 heavy (non-hydrogen) atoms. The number of aromatic hydroxyl groups is 1. The molecule has 0 spiro atoms. The Morgan fingerprint density at radius 2 is 1.54 bits per heavy atom. The van der Waals surface area contributed by atoms with E-state index in [1.807, 2.05) is 0 Å². The van der Waals surface area contributed by atoms with Crippen LogP contribution in [0.15, 0.2) is 46.6 Å². The molecule has 7 N–H and O–H groups in total. The van der Waals surface area contributed by atoms with Crippen LogP contribution < -0.4 is 11.5 Å². The summed E-state index contributed by atoms with van der Waals surface area (Å²) in [5.41, 5.74) is 12.2. The Hall–Kier alpha value is -2.29. The minimum absolute atomic E-state index is 0. The van der Waals surface area contributed by atoms with Gasteiger partial charge in [-0.25, -0.2) is 0 Å². The zero-order chi connectivity index (χ0) is 19.2. The molecule has 14 heteroatoms. The number of nitro benzene ring substituents is 1. The van der Waals surface area contributed by atoms with E-state index in [4.69, 9.17) is 29.0 Å². The van der Waals surface area contributed by atoms with E-state index in [-0.39, 0.29) is 46.7 Å². The van der Waals surface area contributed by atoms with E-state index in [2.05, 4.69) is 10.2 Å². The SMILES string of the molecule is Nc1ccc(/N=N/c2cc([N+](=O)[O-])ccc2O)c(N)c1.O=S(=O)(O)O.[NaH]. The van der Waals surface area contributed by atoms with Crippen molar-refractivity contribution in [2.24, 2.45) is 10.2 Å². The molecule has 0 unspecified atom stereocenters. The number of benzene rings is 2. The summed E-state index contributed by atoms with van der Waals surface area (Å²) in [4.78, 5) is 10.1. The molecule has 2 rings (SSSR count). The molecule has 0 aliphatic carbocycles. The first kappa shape index (κ1) is 23.7. The van der Waals surface area contributed by atoms with Gasteiger partial charge in [-0.05, 0) is 24.3 Å². The first-order valence-electron chi connectivity index (χ1n) is 6.21. The van der Waals surface area contributed by atoms with E-state index in [0.29, 0.717) is 17.1 Å². The number of nitro groups is 1. The van der Waals surface area contributed by atoms with Crippen molar-refractivity contribution in [2.45, 2.75) is 0 Å². The third kappa shape index (κ3) is 8.70. The van der Waals surface area contributed by atoms with Gasteiger partial charge in [0.2, 0.25) is 0 Å². The number of hydrogen-bond donors (Lipinski definition) is 5. The Bertz CT molecular complexity index is 912. The molecule has 0 aromatic heterocycles. The summed E-state index contributed by atoms with van der Waals surface area (Å²) >= 11 is 0. The molecule has 0 saturated carbocycles. The van der Waals surface area contributed by atoms with Gasteiger partial charge < -0.3 is 16.6 Å². The van der Waals surface area contributed by atoms with Crippen molar-refractivity contribution >= 4 is 68.4 Å². The summed E-state index contributed by atoms with van der Waals surface area (Å²) < 4.78 is 31.6. The molecule has 0 bridgehead atoms. The van der Waals surface area contributed by atoms with E-state index in [1.165, 1.54) is 18.2 Å². The Labute approximate surface area is 169 Å². The van der Waals surface area contributed by atoms with Gasteiger partial charge in [0, 0.05) is 17.8 Å². The number of nitrogens with zero attached hydrogens (tertiary/aromatic N) is 3. The van der Waals surface area contributed by atoms with Crippen LogP contribution in [0.2, 0.25) is 0 Å². The van der Waals surface area contributed by atoms with Crippen LogP contribution >= 0.6 is 0 Å². The minimum atomic E-state index is -4.67. The molecule has 2 aromatic carbocycles. The van der Waals surface area contributed by atoms with Crippen LogP contribution in [0.1, 0.15) is 0 Å².